The lowest BCUT2D eigenvalue weighted by Gasteiger charge is -2.03. The summed E-state index contributed by atoms with van der Waals surface area (Å²) >= 11 is 0. The van der Waals surface area contributed by atoms with Crippen LogP contribution in [-0.4, -0.2) is 14.9 Å². The predicted octanol–water partition coefficient (Wildman–Crippen LogP) is 1.42. The lowest BCUT2D eigenvalue weighted by molar-refractivity contribution is 0.475. The predicted molar refractivity (Wildman–Crippen MR) is 61.9 cm³/mol. The number of aryl methyl sites for hydroxylation is 1. The Balaban J connectivity index is 1.82. The molecule has 0 bridgehead atoms. The monoisotopic (exact) mass is 217 g/mol. The van der Waals surface area contributed by atoms with Crippen LogP contribution in [0.5, 0.6) is 5.75 Å². The first-order valence-corrected chi connectivity index (χ1v) is 5.20. The van der Waals surface area contributed by atoms with Gasteiger partial charge in [-0.25, -0.2) is 0 Å². The summed E-state index contributed by atoms with van der Waals surface area (Å²) in [5, 5.41) is 16.5. The highest BCUT2D eigenvalue weighted by Crippen LogP contribution is 2.09. The fourth-order valence-electron chi connectivity index (χ4n) is 1.53. The summed E-state index contributed by atoms with van der Waals surface area (Å²) in [5.41, 5.74) is 2.32. The van der Waals surface area contributed by atoms with Gasteiger partial charge in [0.25, 0.3) is 0 Å². The van der Waals surface area contributed by atoms with Gasteiger partial charge in [0, 0.05) is 31.9 Å². The van der Waals surface area contributed by atoms with Gasteiger partial charge in [-0.15, -0.1) is 0 Å². The van der Waals surface area contributed by atoms with E-state index in [1.165, 1.54) is 5.56 Å². The molecule has 1 aromatic heterocycles. The first-order chi connectivity index (χ1) is 7.74. The maximum Gasteiger partial charge on any atom is 0.115 e. The molecule has 0 radical (unpaired) electrons. The average Bonchev–Trinajstić information content (AvgIpc) is 2.67. The standard InChI is InChI=1S/C12H15N3O/c1-15-9-11(8-14-15)7-13-6-10-2-4-12(16)5-3-10/h2-5,8-9,13,16H,6-7H2,1H3. The van der Waals surface area contributed by atoms with Gasteiger partial charge in [-0.1, -0.05) is 12.1 Å². The van der Waals surface area contributed by atoms with Crippen molar-refractivity contribution in [3.63, 3.8) is 0 Å². The molecule has 2 N–H and O–H groups in total. The number of hydrogen-bond donors (Lipinski definition) is 2. The van der Waals surface area contributed by atoms with E-state index in [1.807, 2.05) is 31.6 Å². The van der Waals surface area contributed by atoms with Crippen LogP contribution in [0.1, 0.15) is 11.1 Å². The maximum absolute atomic E-state index is 9.13. The Morgan fingerprint density at radius 3 is 2.50 bits per heavy atom. The molecule has 0 unspecified atom stereocenters. The zero-order chi connectivity index (χ0) is 11.4. The van der Waals surface area contributed by atoms with Crippen LogP contribution in [0.2, 0.25) is 0 Å². The molecular weight excluding hydrogens is 202 g/mol. The van der Waals surface area contributed by atoms with Crippen molar-refractivity contribution < 1.29 is 5.11 Å². The maximum atomic E-state index is 9.13. The number of nitrogens with zero attached hydrogens (tertiary/aromatic N) is 2. The Kier molecular flexibility index (Phi) is 3.22. The SMILES string of the molecule is Cn1cc(CNCc2ccc(O)cc2)cn1. The van der Waals surface area contributed by atoms with Crippen LogP contribution in [0.15, 0.2) is 36.7 Å². The molecule has 0 saturated carbocycles. The minimum Gasteiger partial charge on any atom is -0.508 e. The molecule has 0 spiro atoms. The second-order valence-corrected chi connectivity index (χ2v) is 3.79. The van der Waals surface area contributed by atoms with Crippen LogP contribution in [-0.2, 0) is 20.1 Å². The normalized spacial score (nSPS) is 10.6. The molecule has 4 heteroatoms. The first kappa shape index (κ1) is 10.7. The summed E-state index contributed by atoms with van der Waals surface area (Å²) in [6, 6.07) is 7.21. The number of rotatable bonds is 4. The van der Waals surface area contributed by atoms with E-state index in [-0.39, 0.29) is 0 Å². The van der Waals surface area contributed by atoms with E-state index in [2.05, 4.69) is 10.4 Å². The van der Waals surface area contributed by atoms with Gasteiger partial charge in [0.2, 0.25) is 0 Å². The third-order valence-corrected chi connectivity index (χ3v) is 2.35. The molecule has 16 heavy (non-hydrogen) atoms. The van der Waals surface area contributed by atoms with E-state index >= 15 is 0 Å². The molecule has 1 aromatic carbocycles. The number of hydrogen-bond acceptors (Lipinski definition) is 3. The van der Waals surface area contributed by atoms with Gasteiger partial charge in [-0.2, -0.15) is 5.10 Å². The van der Waals surface area contributed by atoms with Gasteiger partial charge in [0.05, 0.1) is 6.20 Å². The number of nitrogens with one attached hydrogen (secondary N) is 1. The molecule has 0 amide bonds. The topological polar surface area (TPSA) is 50.1 Å². The highest BCUT2D eigenvalue weighted by molar-refractivity contribution is 5.25. The highest BCUT2D eigenvalue weighted by Gasteiger charge is 1.96. The second-order valence-electron chi connectivity index (χ2n) is 3.79. The summed E-state index contributed by atoms with van der Waals surface area (Å²) in [4.78, 5) is 0. The summed E-state index contributed by atoms with van der Waals surface area (Å²) < 4.78 is 1.79. The van der Waals surface area contributed by atoms with Crippen LogP contribution in [0.4, 0.5) is 0 Å². The van der Waals surface area contributed by atoms with Crippen molar-refractivity contribution in [2.24, 2.45) is 7.05 Å². The fraction of sp³-hybridized carbons (Fsp3) is 0.250. The fourth-order valence-corrected chi connectivity index (χ4v) is 1.53. The number of benzene rings is 1. The molecule has 0 atom stereocenters. The average molecular weight is 217 g/mol. The van der Waals surface area contributed by atoms with Crippen molar-refractivity contribution in [3.05, 3.63) is 47.8 Å². The Bertz CT molecular complexity index is 448. The summed E-state index contributed by atoms with van der Waals surface area (Å²) in [6.07, 6.45) is 3.84. The van der Waals surface area contributed by atoms with Gasteiger partial charge in [0.1, 0.15) is 5.75 Å². The van der Waals surface area contributed by atoms with Crippen molar-refractivity contribution in [1.29, 1.82) is 0 Å². The van der Waals surface area contributed by atoms with Crippen LogP contribution < -0.4 is 5.32 Å². The molecule has 0 aliphatic carbocycles. The number of phenols is 1. The minimum atomic E-state index is 0.302. The largest absolute Gasteiger partial charge is 0.508 e. The second kappa shape index (κ2) is 4.81. The van der Waals surface area contributed by atoms with E-state index in [0.717, 1.165) is 18.7 Å². The molecule has 2 rings (SSSR count). The molecule has 2 aromatic rings. The van der Waals surface area contributed by atoms with Crippen molar-refractivity contribution in [2.75, 3.05) is 0 Å². The molecule has 0 saturated heterocycles. The Labute approximate surface area is 94.5 Å². The molecule has 0 aliphatic rings. The lowest BCUT2D eigenvalue weighted by atomic mass is 10.2. The number of phenolic OH excluding ortho intramolecular Hbond substituents is 1. The molecule has 4 nitrogen and oxygen atoms in total. The molecule has 1 heterocycles. The Morgan fingerprint density at radius 2 is 1.88 bits per heavy atom. The van der Waals surface area contributed by atoms with E-state index in [4.69, 9.17) is 5.11 Å². The van der Waals surface area contributed by atoms with Gasteiger partial charge in [-0.05, 0) is 17.7 Å². The molecule has 84 valence electrons. The van der Waals surface area contributed by atoms with Crippen molar-refractivity contribution >= 4 is 0 Å². The van der Waals surface area contributed by atoms with E-state index in [1.54, 1.807) is 16.8 Å². The Morgan fingerprint density at radius 1 is 1.19 bits per heavy atom. The zero-order valence-corrected chi connectivity index (χ0v) is 9.22. The van der Waals surface area contributed by atoms with Gasteiger partial charge in [0.15, 0.2) is 0 Å². The number of aromatic nitrogens is 2. The first-order valence-electron chi connectivity index (χ1n) is 5.20. The Hall–Kier alpha value is -1.81. The van der Waals surface area contributed by atoms with Crippen molar-refractivity contribution in [3.8, 4) is 5.75 Å². The smallest absolute Gasteiger partial charge is 0.115 e. The molecule has 0 aliphatic heterocycles. The quantitative estimate of drug-likeness (QED) is 0.814. The van der Waals surface area contributed by atoms with E-state index < -0.39 is 0 Å². The zero-order valence-electron chi connectivity index (χ0n) is 9.22. The van der Waals surface area contributed by atoms with E-state index in [0.29, 0.717) is 5.75 Å². The molecule has 0 fully saturated rings. The van der Waals surface area contributed by atoms with Gasteiger partial charge >= 0.3 is 0 Å². The third-order valence-electron chi connectivity index (χ3n) is 2.35. The molecular formula is C12H15N3O. The van der Waals surface area contributed by atoms with Gasteiger partial charge in [-0.3, -0.25) is 4.68 Å². The van der Waals surface area contributed by atoms with Crippen molar-refractivity contribution in [1.82, 2.24) is 15.1 Å². The minimum absolute atomic E-state index is 0.302. The lowest BCUT2D eigenvalue weighted by Crippen LogP contribution is -2.12. The van der Waals surface area contributed by atoms with Crippen LogP contribution >= 0.6 is 0 Å². The van der Waals surface area contributed by atoms with Crippen LogP contribution in [0.3, 0.4) is 0 Å². The van der Waals surface area contributed by atoms with Crippen LogP contribution in [0, 0.1) is 0 Å². The number of aromatic hydroxyl groups is 1. The van der Waals surface area contributed by atoms with Crippen molar-refractivity contribution in [2.45, 2.75) is 13.1 Å². The van der Waals surface area contributed by atoms with Gasteiger partial charge < -0.3 is 10.4 Å². The summed E-state index contributed by atoms with van der Waals surface area (Å²) in [7, 11) is 1.91. The third kappa shape index (κ3) is 2.84. The summed E-state index contributed by atoms with van der Waals surface area (Å²) in [6.45, 7) is 1.59. The summed E-state index contributed by atoms with van der Waals surface area (Å²) in [5.74, 6) is 0.302. The highest BCUT2D eigenvalue weighted by atomic mass is 16.3. The van der Waals surface area contributed by atoms with Crippen LogP contribution in [0.25, 0.3) is 0 Å². The van der Waals surface area contributed by atoms with E-state index in [9.17, 15) is 0 Å².